The zero-order valence-corrected chi connectivity index (χ0v) is 14.1. The molecule has 23 heavy (non-hydrogen) atoms. The highest BCUT2D eigenvalue weighted by Gasteiger charge is 2.34. The molecule has 0 saturated carbocycles. The molecule has 7 heteroatoms. The van der Waals surface area contributed by atoms with E-state index in [1.54, 1.807) is 30.2 Å². The summed E-state index contributed by atoms with van der Waals surface area (Å²) >= 11 is 5.95. The number of methoxy groups -OCH3 is 2. The van der Waals surface area contributed by atoms with Crippen molar-refractivity contribution in [2.45, 2.75) is 12.8 Å². The third kappa shape index (κ3) is 4.59. The van der Waals surface area contributed by atoms with E-state index in [2.05, 4.69) is 5.32 Å². The average molecular weight is 341 g/mol. The fourth-order valence-electron chi connectivity index (χ4n) is 2.58. The highest BCUT2D eigenvalue weighted by atomic mass is 35.5. The molecule has 1 aliphatic heterocycles. The molecule has 2 amide bonds. The van der Waals surface area contributed by atoms with Crippen molar-refractivity contribution < 1.29 is 19.1 Å². The molecule has 1 saturated heterocycles. The molecule has 6 nitrogen and oxygen atoms in total. The first-order valence-electron chi connectivity index (χ1n) is 7.46. The first kappa shape index (κ1) is 17.6. The molecule has 126 valence electrons. The van der Waals surface area contributed by atoms with Crippen LogP contribution in [0.5, 0.6) is 5.75 Å². The molecule has 0 radical (unpaired) electrons. The van der Waals surface area contributed by atoms with Crippen LogP contribution in [0.3, 0.4) is 0 Å². The van der Waals surface area contributed by atoms with E-state index in [4.69, 9.17) is 21.1 Å². The molecule has 1 aromatic rings. The van der Waals surface area contributed by atoms with Gasteiger partial charge in [-0.3, -0.25) is 9.59 Å². The van der Waals surface area contributed by atoms with Crippen LogP contribution in [0.25, 0.3) is 0 Å². The molecule has 1 aromatic carbocycles. The van der Waals surface area contributed by atoms with E-state index in [1.807, 2.05) is 0 Å². The maximum absolute atomic E-state index is 12.4. The monoisotopic (exact) mass is 340 g/mol. The summed E-state index contributed by atoms with van der Waals surface area (Å²) in [6.45, 7) is 1.63. The quantitative estimate of drug-likeness (QED) is 0.772. The maximum atomic E-state index is 12.4. The molecule has 0 bridgehead atoms. The van der Waals surface area contributed by atoms with E-state index in [9.17, 15) is 9.59 Å². The maximum Gasteiger partial charge on any atom is 0.229 e. The van der Waals surface area contributed by atoms with E-state index in [0.717, 1.165) is 6.42 Å². The average Bonchev–Trinajstić information content (AvgIpc) is 2.89. The molecule has 0 aliphatic carbocycles. The number of nitrogens with one attached hydrogen (secondary N) is 1. The molecule has 1 N–H and O–H groups in total. The molecular formula is C16H21ClN2O4. The topological polar surface area (TPSA) is 67.9 Å². The highest BCUT2D eigenvalue weighted by molar-refractivity contribution is 6.31. The van der Waals surface area contributed by atoms with Crippen molar-refractivity contribution in [3.8, 4) is 5.75 Å². The molecule has 0 aromatic heterocycles. The predicted octanol–water partition coefficient (Wildman–Crippen LogP) is 2.17. The minimum Gasteiger partial charge on any atom is -0.495 e. The summed E-state index contributed by atoms with van der Waals surface area (Å²) in [7, 11) is 3.15. The van der Waals surface area contributed by atoms with Crippen LogP contribution in [0.1, 0.15) is 12.8 Å². The second kappa shape index (κ2) is 8.17. The Morgan fingerprint density at radius 3 is 2.91 bits per heavy atom. The first-order chi connectivity index (χ1) is 11.0. The summed E-state index contributed by atoms with van der Waals surface area (Å²) in [4.78, 5) is 26.1. The summed E-state index contributed by atoms with van der Waals surface area (Å²) in [5, 5.41) is 3.31. The van der Waals surface area contributed by atoms with Crippen molar-refractivity contribution >= 4 is 29.1 Å². The number of nitrogens with zero attached hydrogens (tertiary/aromatic N) is 1. The van der Waals surface area contributed by atoms with E-state index in [-0.39, 0.29) is 24.2 Å². The number of benzene rings is 1. The van der Waals surface area contributed by atoms with Gasteiger partial charge in [0.05, 0.1) is 18.7 Å². The largest absolute Gasteiger partial charge is 0.495 e. The molecular weight excluding hydrogens is 320 g/mol. The number of likely N-dealkylation sites (tertiary alicyclic amines) is 1. The van der Waals surface area contributed by atoms with Crippen molar-refractivity contribution in [3.05, 3.63) is 23.2 Å². The van der Waals surface area contributed by atoms with Gasteiger partial charge in [0.1, 0.15) is 5.75 Å². The summed E-state index contributed by atoms with van der Waals surface area (Å²) in [5.41, 5.74) is 0.510. The second-order valence-electron chi connectivity index (χ2n) is 5.42. The lowest BCUT2D eigenvalue weighted by Gasteiger charge is -2.16. The lowest BCUT2D eigenvalue weighted by Crippen LogP contribution is -2.29. The Balaban J connectivity index is 1.96. The Labute approximate surface area is 140 Å². The number of ether oxygens (including phenoxy) is 2. The fourth-order valence-corrected chi connectivity index (χ4v) is 2.75. The van der Waals surface area contributed by atoms with Gasteiger partial charge in [-0.25, -0.2) is 0 Å². The number of anilines is 1. The molecule has 1 heterocycles. The van der Waals surface area contributed by atoms with Crippen LogP contribution in [0.4, 0.5) is 5.69 Å². The number of carbonyl (C=O) groups is 2. The number of halogens is 1. The van der Waals surface area contributed by atoms with Crippen LogP contribution in [0.15, 0.2) is 18.2 Å². The van der Waals surface area contributed by atoms with Gasteiger partial charge in [-0.05, 0) is 24.6 Å². The van der Waals surface area contributed by atoms with E-state index in [0.29, 0.717) is 36.2 Å². The van der Waals surface area contributed by atoms with Gasteiger partial charge in [0.2, 0.25) is 11.8 Å². The normalized spacial score (nSPS) is 17.4. The zero-order valence-electron chi connectivity index (χ0n) is 13.3. The van der Waals surface area contributed by atoms with Gasteiger partial charge in [0.25, 0.3) is 0 Å². The number of hydrogen-bond donors (Lipinski definition) is 1. The van der Waals surface area contributed by atoms with Gasteiger partial charge in [0.15, 0.2) is 0 Å². The van der Waals surface area contributed by atoms with Gasteiger partial charge in [-0.15, -0.1) is 0 Å². The summed E-state index contributed by atoms with van der Waals surface area (Å²) in [6, 6.07) is 5.01. The first-order valence-corrected chi connectivity index (χ1v) is 7.84. The van der Waals surface area contributed by atoms with Crippen molar-refractivity contribution in [2.75, 3.05) is 39.2 Å². The number of hydrogen-bond acceptors (Lipinski definition) is 4. The predicted molar refractivity (Wildman–Crippen MR) is 87.8 cm³/mol. The van der Waals surface area contributed by atoms with Crippen LogP contribution < -0.4 is 10.1 Å². The Morgan fingerprint density at radius 1 is 1.43 bits per heavy atom. The van der Waals surface area contributed by atoms with Crippen molar-refractivity contribution in [1.29, 1.82) is 0 Å². The Hall–Kier alpha value is -1.79. The molecule has 1 unspecified atom stereocenters. The van der Waals surface area contributed by atoms with Crippen LogP contribution in [0.2, 0.25) is 5.02 Å². The fraction of sp³-hybridized carbons (Fsp3) is 0.500. The number of rotatable bonds is 7. The Morgan fingerprint density at radius 2 is 2.22 bits per heavy atom. The van der Waals surface area contributed by atoms with Gasteiger partial charge >= 0.3 is 0 Å². The van der Waals surface area contributed by atoms with Crippen LogP contribution >= 0.6 is 11.6 Å². The smallest absolute Gasteiger partial charge is 0.229 e. The van der Waals surface area contributed by atoms with Crippen LogP contribution in [-0.2, 0) is 14.3 Å². The SMILES string of the molecule is COCCCN1CC(C(=O)Nc2cc(Cl)ccc2OC)CC1=O. The minimum absolute atomic E-state index is 0.000637. The molecule has 1 aliphatic rings. The van der Waals surface area contributed by atoms with E-state index >= 15 is 0 Å². The van der Waals surface area contributed by atoms with Gasteiger partial charge < -0.3 is 19.7 Å². The van der Waals surface area contributed by atoms with Crippen LogP contribution in [0, 0.1) is 5.92 Å². The Bertz CT molecular complexity index is 579. The van der Waals surface area contributed by atoms with Gasteiger partial charge in [-0.2, -0.15) is 0 Å². The second-order valence-corrected chi connectivity index (χ2v) is 5.86. The molecule has 1 fully saturated rings. The molecule has 2 rings (SSSR count). The minimum atomic E-state index is -0.367. The Kier molecular flexibility index (Phi) is 6.24. The van der Waals surface area contributed by atoms with Crippen molar-refractivity contribution in [2.24, 2.45) is 5.92 Å². The standard InChI is InChI=1S/C16H21ClN2O4/c1-22-7-3-6-19-10-11(8-15(19)20)16(21)18-13-9-12(17)4-5-14(13)23-2/h4-5,9,11H,3,6-8,10H2,1-2H3,(H,18,21). The van der Waals surface area contributed by atoms with E-state index in [1.165, 1.54) is 7.11 Å². The van der Waals surface area contributed by atoms with Gasteiger partial charge in [-0.1, -0.05) is 11.6 Å². The highest BCUT2D eigenvalue weighted by Crippen LogP contribution is 2.29. The third-order valence-corrected chi connectivity index (χ3v) is 4.02. The lowest BCUT2D eigenvalue weighted by atomic mass is 10.1. The third-order valence-electron chi connectivity index (χ3n) is 3.78. The zero-order chi connectivity index (χ0) is 16.8. The lowest BCUT2D eigenvalue weighted by molar-refractivity contribution is -0.128. The number of amides is 2. The molecule has 1 atom stereocenters. The summed E-state index contributed by atoms with van der Waals surface area (Å²) < 4.78 is 10.2. The summed E-state index contributed by atoms with van der Waals surface area (Å²) in [5.74, 6) is -0.0368. The number of carbonyl (C=O) groups excluding carboxylic acids is 2. The van der Waals surface area contributed by atoms with Crippen molar-refractivity contribution in [3.63, 3.8) is 0 Å². The molecule has 0 spiro atoms. The van der Waals surface area contributed by atoms with E-state index < -0.39 is 0 Å². The summed E-state index contributed by atoms with van der Waals surface area (Å²) in [6.07, 6.45) is 0.986. The van der Waals surface area contributed by atoms with Crippen LogP contribution in [-0.4, -0.2) is 50.6 Å². The van der Waals surface area contributed by atoms with Gasteiger partial charge in [0, 0.05) is 38.2 Å². The van der Waals surface area contributed by atoms with Crippen molar-refractivity contribution in [1.82, 2.24) is 4.90 Å².